The molecule has 2 N–H and O–H groups in total. The highest BCUT2D eigenvalue weighted by Gasteiger charge is 2.25. The molecule has 2 atom stereocenters. The van der Waals surface area contributed by atoms with E-state index in [4.69, 9.17) is 15.2 Å². The SMILES string of the molecule is CCOCCN(C)C(CN)C1CCCOC1. The van der Waals surface area contributed by atoms with E-state index >= 15 is 0 Å². The molecule has 1 heterocycles. The van der Waals surface area contributed by atoms with Gasteiger partial charge in [0.1, 0.15) is 0 Å². The molecule has 2 unspecified atom stereocenters. The van der Waals surface area contributed by atoms with Gasteiger partial charge in [-0.1, -0.05) is 0 Å². The minimum atomic E-state index is 0.431. The Bertz CT molecular complexity index is 172. The first-order chi connectivity index (χ1) is 7.79. The molecule has 16 heavy (non-hydrogen) atoms. The van der Waals surface area contributed by atoms with Gasteiger partial charge in [-0.05, 0) is 32.7 Å². The van der Waals surface area contributed by atoms with Crippen molar-refractivity contribution in [3.63, 3.8) is 0 Å². The van der Waals surface area contributed by atoms with Crippen LogP contribution in [0.1, 0.15) is 19.8 Å². The first-order valence-electron chi connectivity index (χ1n) is 6.35. The molecule has 1 saturated heterocycles. The number of ether oxygens (including phenoxy) is 2. The van der Waals surface area contributed by atoms with Crippen molar-refractivity contribution >= 4 is 0 Å². The van der Waals surface area contributed by atoms with Gasteiger partial charge in [-0.3, -0.25) is 4.90 Å². The summed E-state index contributed by atoms with van der Waals surface area (Å²) in [5.74, 6) is 0.588. The van der Waals surface area contributed by atoms with Gasteiger partial charge in [-0.15, -0.1) is 0 Å². The summed E-state index contributed by atoms with van der Waals surface area (Å²) in [5.41, 5.74) is 5.87. The lowest BCUT2D eigenvalue weighted by atomic mass is 9.93. The van der Waals surface area contributed by atoms with Crippen LogP contribution in [-0.2, 0) is 9.47 Å². The second kappa shape index (κ2) is 8.01. The van der Waals surface area contributed by atoms with E-state index in [0.717, 1.165) is 33.0 Å². The molecule has 0 bridgehead atoms. The van der Waals surface area contributed by atoms with E-state index in [2.05, 4.69) is 11.9 Å². The Morgan fingerprint density at radius 1 is 1.56 bits per heavy atom. The average molecular weight is 230 g/mol. The Morgan fingerprint density at radius 3 is 2.94 bits per heavy atom. The molecular weight excluding hydrogens is 204 g/mol. The van der Waals surface area contributed by atoms with Crippen LogP contribution >= 0.6 is 0 Å². The Hall–Kier alpha value is -0.160. The molecule has 1 fully saturated rings. The molecule has 0 aliphatic carbocycles. The molecule has 4 heteroatoms. The van der Waals surface area contributed by atoms with Gasteiger partial charge in [0.05, 0.1) is 13.2 Å². The van der Waals surface area contributed by atoms with Crippen LogP contribution in [0.25, 0.3) is 0 Å². The number of nitrogens with two attached hydrogens (primary N) is 1. The molecule has 1 rings (SSSR count). The van der Waals surface area contributed by atoms with E-state index in [-0.39, 0.29) is 0 Å². The van der Waals surface area contributed by atoms with Crippen LogP contribution in [0.3, 0.4) is 0 Å². The first-order valence-corrected chi connectivity index (χ1v) is 6.35. The van der Waals surface area contributed by atoms with Gasteiger partial charge in [-0.25, -0.2) is 0 Å². The molecule has 1 aliphatic rings. The Balaban J connectivity index is 2.32. The van der Waals surface area contributed by atoms with Gasteiger partial charge in [-0.2, -0.15) is 0 Å². The summed E-state index contributed by atoms with van der Waals surface area (Å²) in [6.45, 7) is 7.03. The molecule has 4 nitrogen and oxygen atoms in total. The van der Waals surface area contributed by atoms with Crippen molar-refractivity contribution in [2.24, 2.45) is 11.7 Å². The van der Waals surface area contributed by atoms with Crippen molar-refractivity contribution in [2.45, 2.75) is 25.8 Å². The molecule has 0 aromatic rings. The zero-order chi connectivity index (χ0) is 11.8. The minimum absolute atomic E-state index is 0.431. The predicted molar refractivity (Wildman–Crippen MR) is 65.5 cm³/mol. The van der Waals surface area contributed by atoms with Gasteiger partial charge in [0.25, 0.3) is 0 Å². The second-order valence-electron chi connectivity index (χ2n) is 4.46. The maximum atomic E-state index is 5.87. The van der Waals surface area contributed by atoms with Crippen molar-refractivity contribution in [3.8, 4) is 0 Å². The van der Waals surface area contributed by atoms with Crippen LogP contribution in [0.15, 0.2) is 0 Å². The summed E-state index contributed by atoms with van der Waals surface area (Å²) in [6.07, 6.45) is 2.40. The van der Waals surface area contributed by atoms with Gasteiger partial charge >= 0.3 is 0 Å². The summed E-state index contributed by atoms with van der Waals surface area (Å²) in [5, 5.41) is 0. The smallest absolute Gasteiger partial charge is 0.0593 e. The van der Waals surface area contributed by atoms with E-state index in [1.54, 1.807) is 0 Å². The molecule has 0 saturated carbocycles. The van der Waals surface area contributed by atoms with Gasteiger partial charge < -0.3 is 15.2 Å². The highest BCUT2D eigenvalue weighted by molar-refractivity contribution is 4.80. The molecular formula is C12H26N2O2. The summed E-state index contributed by atoms with van der Waals surface area (Å²) >= 11 is 0. The zero-order valence-corrected chi connectivity index (χ0v) is 10.7. The van der Waals surface area contributed by atoms with Crippen molar-refractivity contribution in [1.29, 1.82) is 0 Å². The fourth-order valence-electron chi connectivity index (χ4n) is 2.32. The Labute approximate surface area is 99.1 Å². The van der Waals surface area contributed by atoms with Gasteiger partial charge in [0.2, 0.25) is 0 Å². The molecule has 96 valence electrons. The van der Waals surface area contributed by atoms with E-state index in [0.29, 0.717) is 18.5 Å². The summed E-state index contributed by atoms with van der Waals surface area (Å²) < 4.78 is 10.9. The largest absolute Gasteiger partial charge is 0.381 e. The fraction of sp³-hybridized carbons (Fsp3) is 1.00. The molecule has 1 aliphatic heterocycles. The van der Waals surface area contributed by atoms with Crippen LogP contribution in [0.5, 0.6) is 0 Å². The summed E-state index contributed by atoms with van der Waals surface area (Å²) in [7, 11) is 2.13. The summed E-state index contributed by atoms with van der Waals surface area (Å²) in [4.78, 5) is 2.31. The lowest BCUT2D eigenvalue weighted by Crippen LogP contribution is -2.47. The second-order valence-corrected chi connectivity index (χ2v) is 4.46. The normalized spacial score (nSPS) is 23.6. The molecule has 0 aromatic carbocycles. The predicted octanol–water partition coefficient (Wildman–Crippen LogP) is 0.709. The minimum Gasteiger partial charge on any atom is -0.381 e. The molecule has 0 radical (unpaired) electrons. The average Bonchev–Trinajstić information content (AvgIpc) is 2.32. The van der Waals surface area contributed by atoms with E-state index < -0.39 is 0 Å². The Morgan fingerprint density at radius 2 is 2.38 bits per heavy atom. The van der Waals surface area contributed by atoms with E-state index in [1.165, 1.54) is 12.8 Å². The van der Waals surface area contributed by atoms with Crippen LogP contribution < -0.4 is 5.73 Å². The monoisotopic (exact) mass is 230 g/mol. The lowest BCUT2D eigenvalue weighted by Gasteiger charge is -2.35. The van der Waals surface area contributed by atoms with Gasteiger partial charge in [0, 0.05) is 32.3 Å². The number of hydrogen-bond donors (Lipinski definition) is 1. The highest BCUT2D eigenvalue weighted by atomic mass is 16.5. The van der Waals surface area contributed by atoms with Crippen molar-refractivity contribution in [1.82, 2.24) is 4.90 Å². The van der Waals surface area contributed by atoms with Crippen molar-refractivity contribution in [2.75, 3.05) is 46.6 Å². The molecule has 0 amide bonds. The number of nitrogens with zero attached hydrogens (tertiary/aromatic N) is 1. The zero-order valence-electron chi connectivity index (χ0n) is 10.7. The standard InChI is InChI=1S/C12H26N2O2/c1-3-15-8-6-14(2)12(9-13)11-5-4-7-16-10-11/h11-12H,3-10,13H2,1-2H3. The van der Waals surface area contributed by atoms with Crippen molar-refractivity contribution < 1.29 is 9.47 Å². The van der Waals surface area contributed by atoms with Crippen molar-refractivity contribution in [3.05, 3.63) is 0 Å². The van der Waals surface area contributed by atoms with Gasteiger partial charge in [0.15, 0.2) is 0 Å². The van der Waals surface area contributed by atoms with Crippen LogP contribution in [0, 0.1) is 5.92 Å². The third-order valence-corrected chi connectivity index (χ3v) is 3.34. The van der Waals surface area contributed by atoms with E-state index in [9.17, 15) is 0 Å². The maximum Gasteiger partial charge on any atom is 0.0593 e. The van der Waals surface area contributed by atoms with E-state index in [1.807, 2.05) is 6.92 Å². The number of rotatable bonds is 7. The quantitative estimate of drug-likeness (QED) is 0.654. The van der Waals surface area contributed by atoms with Crippen LogP contribution in [0.2, 0.25) is 0 Å². The number of likely N-dealkylation sites (N-methyl/N-ethyl adjacent to an activating group) is 1. The topological polar surface area (TPSA) is 47.7 Å². The fourth-order valence-corrected chi connectivity index (χ4v) is 2.32. The third kappa shape index (κ3) is 4.37. The Kier molecular flexibility index (Phi) is 6.96. The molecule has 0 spiro atoms. The molecule has 0 aromatic heterocycles. The van der Waals surface area contributed by atoms with Crippen LogP contribution in [0.4, 0.5) is 0 Å². The van der Waals surface area contributed by atoms with Crippen LogP contribution in [-0.4, -0.2) is 57.5 Å². The first kappa shape index (κ1) is 13.9. The lowest BCUT2D eigenvalue weighted by molar-refractivity contribution is 0.0105. The third-order valence-electron chi connectivity index (χ3n) is 3.34. The summed E-state index contributed by atoms with van der Waals surface area (Å²) in [6, 6.07) is 0.431. The number of hydrogen-bond acceptors (Lipinski definition) is 4. The highest BCUT2D eigenvalue weighted by Crippen LogP contribution is 2.20. The maximum absolute atomic E-state index is 5.87.